The van der Waals surface area contributed by atoms with E-state index in [1.54, 1.807) is 36.9 Å². The van der Waals surface area contributed by atoms with Crippen LogP contribution in [0.3, 0.4) is 0 Å². The Morgan fingerprint density at radius 1 is 1.10 bits per heavy atom. The van der Waals surface area contributed by atoms with E-state index in [0.717, 1.165) is 51.6 Å². The lowest BCUT2D eigenvalue weighted by molar-refractivity contribution is -0.134. The van der Waals surface area contributed by atoms with Crippen molar-refractivity contribution in [3.05, 3.63) is 42.5 Å². The lowest BCUT2D eigenvalue weighted by atomic mass is 9.91. The Balaban J connectivity index is 1.26. The van der Waals surface area contributed by atoms with Crippen molar-refractivity contribution in [3.63, 3.8) is 0 Å². The van der Waals surface area contributed by atoms with Gasteiger partial charge in [-0.3, -0.25) is 9.59 Å². The zero-order valence-electron chi connectivity index (χ0n) is 17.2. The fourth-order valence-corrected chi connectivity index (χ4v) is 4.27. The highest BCUT2D eigenvalue weighted by molar-refractivity contribution is 5.94. The molecule has 2 aromatic rings. The third kappa shape index (κ3) is 5.17. The summed E-state index contributed by atoms with van der Waals surface area (Å²) in [5.41, 5.74) is 0.552. The van der Waals surface area contributed by atoms with Crippen LogP contribution in [-0.4, -0.2) is 57.2 Å². The Morgan fingerprint density at radius 3 is 2.63 bits per heavy atom. The number of nitrogens with one attached hydrogen (secondary N) is 1. The number of rotatable bonds is 6. The van der Waals surface area contributed by atoms with Crippen LogP contribution in [0.1, 0.15) is 61.3 Å². The van der Waals surface area contributed by atoms with Crippen LogP contribution in [0.25, 0.3) is 0 Å². The van der Waals surface area contributed by atoms with Crippen molar-refractivity contribution in [1.29, 1.82) is 0 Å². The van der Waals surface area contributed by atoms with Gasteiger partial charge in [-0.05, 0) is 63.1 Å². The first-order valence-electron chi connectivity index (χ1n) is 10.8. The molecular formula is C22H29N5O3. The van der Waals surface area contributed by atoms with Crippen LogP contribution >= 0.6 is 0 Å². The van der Waals surface area contributed by atoms with Crippen LogP contribution in [-0.2, 0) is 4.79 Å². The molecule has 2 heterocycles. The molecule has 160 valence electrons. The molecule has 0 unspecified atom stereocenters. The highest BCUT2D eigenvalue weighted by Gasteiger charge is 2.24. The van der Waals surface area contributed by atoms with Crippen LogP contribution in [0, 0.1) is 0 Å². The number of benzene rings is 1. The number of hydrogen-bond donors (Lipinski definition) is 1. The first kappa shape index (κ1) is 20.4. The molecule has 30 heavy (non-hydrogen) atoms. The first-order chi connectivity index (χ1) is 14.7. The molecular weight excluding hydrogens is 382 g/mol. The molecule has 2 fully saturated rings. The summed E-state index contributed by atoms with van der Waals surface area (Å²) in [6.07, 6.45) is 10.4. The van der Waals surface area contributed by atoms with Gasteiger partial charge in [0.1, 0.15) is 18.4 Å². The van der Waals surface area contributed by atoms with Crippen molar-refractivity contribution < 1.29 is 14.3 Å². The van der Waals surface area contributed by atoms with E-state index in [4.69, 9.17) is 4.74 Å². The summed E-state index contributed by atoms with van der Waals surface area (Å²) in [6, 6.07) is 7.56. The fourth-order valence-electron chi connectivity index (χ4n) is 4.27. The van der Waals surface area contributed by atoms with Gasteiger partial charge < -0.3 is 15.0 Å². The molecule has 1 aliphatic heterocycles. The van der Waals surface area contributed by atoms with E-state index >= 15 is 0 Å². The van der Waals surface area contributed by atoms with Gasteiger partial charge >= 0.3 is 0 Å². The Hall–Kier alpha value is -2.90. The third-order valence-electron chi connectivity index (χ3n) is 6.01. The smallest absolute Gasteiger partial charge is 0.260 e. The summed E-state index contributed by atoms with van der Waals surface area (Å²) in [5, 5.41) is 7.35. The molecule has 0 bridgehead atoms. The molecule has 8 heteroatoms. The Kier molecular flexibility index (Phi) is 6.61. The number of aromatic nitrogens is 3. The number of ether oxygens (including phenoxy) is 1. The Morgan fingerprint density at radius 2 is 1.90 bits per heavy atom. The van der Waals surface area contributed by atoms with Crippen molar-refractivity contribution in [1.82, 2.24) is 25.0 Å². The fraction of sp³-hybridized carbons (Fsp3) is 0.545. The Bertz CT molecular complexity index is 840. The average molecular weight is 412 g/mol. The molecule has 0 atom stereocenters. The molecule has 1 aliphatic carbocycles. The predicted octanol–water partition coefficient (Wildman–Crippen LogP) is 2.58. The maximum absolute atomic E-state index is 12.7. The average Bonchev–Trinajstić information content (AvgIpc) is 3.34. The number of carbonyl (C=O) groups excluding carboxylic acids is 2. The molecule has 1 aromatic carbocycles. The molecule has 0 radical (unpaired) electrons. The maximum Gasteiger partial charge on any atom is 0.260 e. The second kappa shape index (κ2) is 9.73. The van der Waals surface area contributed by atoms with Gasteiger partial charge in [-0.1, -0.05) is 6.07 Å². The largest absolute Gasteiger partial charge is 0.484 e. The normalized spacial score (nSPS) is 21.8. The second-order valence-electron chi connectivity index (χ2n) is 8.11. The monoisotopic (exact) mass is 411 g/mol. The zero-order chi connectivity index (χ0) is 20.8. The van der Waals surface area contributed by atoms with Gasteiger partial charge in [0.2, 0.25) is 0 Å². The minimum atomic E-state index is -0.105. The first-order valence-corrected chi connectivity index (χ1v) is 10.8. The topological polar surface area (TPSA) is 89.4 Å². The van der Waals surface area contributed by atoms with Crippen molar-refractivity contribution in [3.8, 4) is 5.75 Å². The van der Waals surface area contributed by atoms with Crippen LogP contribution in [0.2, 0.25) is 0 Å². The van der Waals surface area contributed by atoms with Crippen LogP contribution in [0.5, 0.6) is 5.75 Å². The van der Waals surface area contributed by atoms with E-state index in [9.17, 15) is 9.59 Å². The minimum Gasteiger partial charge on any atom is -0.484 e. The van der Waals surface area contributed by atoms with Crippen molar-refractivity contribution in [2.24, 2.45) is 0 Å². The third-order valence-corrected chi connectivity index (χ3v) is 6.01. The summed E-state index contributed by atoms with van der Waals surface area (Å²) in [4.78, 5) is 30.8. The van der Waals surface area contributed by atoms with Crippen molar-refractivity contribution >= 4 is 11.8 Å². The van der Waals surface area contributed by atoms with E-state index in [-0.39, 0.29) is 24.5 Å². The molecule has 2 aliphatic rings. The van der Waals surface area contributed by atoms with Gasteiger partial charge in [0, 0.05) is 24.7 Å². The van der Waals surface area contributed by atoms with Crippen LogP contribution in [0.4, 0.5) is 0 Å². The van der Waals surface area contributed by atoms with Gasteiger partial charge in [0.05, 0.1) is 6.04 Å². The summed E-state index contributed by atoms with van der Waals surface area (Å²) >= 11 is 0. The molecule has 2 amide bonds. The lowest BCUT2D eigenvalue weighted by Crippen LogP contribution is -2.38. The van der Waals surface area contributed by atoms with Gasteiger partial charge in [0.15, 0.2) is 6.61 Å². The molecule has 1 aromatic heterocycles. The van der Waals surface area contributed by atoms with Crippen LogP contribution < -0.4 is 10.1 Å². The van der Waals surface area contributed by atoms with Crippen molar-refractivity contribution in [2.45, 2.75) is 57.0 Å². The number of amides is 2. The van der Waals surface area contributed by atoms with Gasteiger partial charge in [-0.2, -0.15) is 5.10 Å². The highest BCUT2D eigenvalue weighted by atomic mass is 16.5. The summed E-state index contributed by atoms with van der Waals surface area (Å²) < 4.78 is 7.58. The molecule has 1 N–H and O–H groups in total. The van der Waals surface area contributed by atoms with Gasteiger partial charge in [0.25, 0.3) is 11.8 Å². The summed E-state index contributed by atoms with van der Waals surface area (Å²) in [6.45, 7) is 1.63. The standard InChI is InChI=1S/C22H29N5O3/c28-21(26-11-2-1-3-12-26)14-30-20-6-4-5-17(13-20)22(29)25-18-7-9-19(10-8-18)27-16-23-15-24-27/h4-6,13,15-16,18-19H,1-3,7-12,14H2,(H,25,29). The number of nitrogens with zero attached hydrogens (tertiary/aromatic N) is 4. The molecule has 8 nitrogen and oxygen atoms in total. The summed E-state index contributed by atoms with van der Waals surface area (Å²) in [7, 11) is 0. The maximum atomic E-state index is 12.7. The van der Waals surface area contributed by atoms with E-state index < -0.39 is 0 Å². The van der Waals surface area contributed by atoms with Crippen LogP contribution in [0.15, 0.2) is 36.9 Å². The summed E-state index contributed by atoms with van der Waals surface area (Å²) in [5.74, 6) is 0.448. The Labute approximate surface area is 176 Å². The quantitative estimate of drug-likeness (QED) is 0.789. The zero-order valence-corrected chi connectivity index (χ0v) is 17.2. The number of likely N-dealkylation sites (tertiary alicyclic amines) is 1. The minimum absolute atomic E-state index is 0.00805. The van der Waals surface area contributed by atoms with E-state index in [1.165, 1.54) is 6.42 Å². The lowest BCUT2D eigenvalue weighted by Gasteiger charge is -2.29. The number of carbonyl (C=O) groups is 2. The predicted molar refractivity (Wildman–Crippen MR) is 111 cm³/mol. The SMILES string of the molecule is O=C(NC1CCC(n2cncn2)CC1)c1cccc(OCC(=O)N2CCCCC2)c1. The second-order valence-corrected chi connectivity index (χ2v) is 8.11. The van der Waals surface area contributed by atoms with E-state index in [1.807, 2.05) is 9.58 Å². The molecule has 1 saturated carbocycles. The van der Waals surface area contributed by atoms with E-state index in [2.05, 4.69) is 15.4 Å². The highest BCUT2D eigenvalue weighted by Crippen LogP contribution is 2.27. The number of hydrogen-bond acceptors (Lipinski definition) is 5. The van der Waals surface area contributed by atoms with E-state index in [0.29, 0.717) is 17.4 Å². The number of piperidine rings is 1. The molecule has 4 rings (SSSR count). The van der Waals surface area contributed by atoms with Crippen molar-refractivity contribution in [2.75, 3.05) is 19.7 Å². The van der Waals surface area contributed by atoms with Gasteiger partial charge in [-0.25, -0.2) is 9.67 Å². The molecule has 0 spiro atoms. The molecule has 1 saturated heterocycles. The van der Waals surface area contributed by atoms with Gasteiger partial charge in [-0.15, -0.1) is 0 Å².